The molecule has 1 heterocycles. The Hall–Kier alpha value is -1.10. The monoisotopic (exact) mass is 418 g/mol. The standard InChI is InChI=1S/C25H43N3O2/c1-17(2)22(23(29)26-8-6-10-28-9-5-4-7-18(28)3)27-24(30)25-14-19-11-20(15-25)13-21(12-19)16-25/h17-22H,4-16H2,1-3H3,(H,26,29)(H,27,30)/p+1/t18-,19?,20?,21?,22+,25?/m0/s1. The number of hydrogen-bond donors (Lipinski definition) is 3. The molecule has 2 amide bonds. The molecule has 3 N–H and O–H groups in total. The third-order valence-corrected chi connectivity index (χ3v) is 8.81. The van der Waals surface area contributed by atoms with Crippen molar-refractivity contribution >= 4 is 11.8 Å². The average Bonchev–Trinajstić information content (AvgIpc) is 2.69. The summed E-state index contributed by atoms with van der Waals surface area (Å²) in [6, 6.07) is 0.337. The molecule has 30 heavy (non-hydrogen) atoms. The quantitative estimate of drug-likeness (QED) is 0.530. The van der Waals surface area contributed by atoms with E-state index in [-0.39, 0.29) is 23.1 Å². The lowest BCUT2D eigenvalue weighted by molar-refractivity contribution is -0.928. The number of likely N-dealkylation sites (tertiary alicyclic amines) is 1. The van der Waals surface area contributed by atoms with E-state index in [1.807, 2.05) is 13.8 Å². The molecular weight excluding hydrogens is 374 g/mol. The largest absolute Gasteiger partial charge is 0.354 e. The second-order valence-corrected chi connectivity index (χ2v) is 11.6. The summed E-state index contributed by atoms with van der Waals surface area (Å²) in [5, 5.41) is 6.35. The fourth-order valence-electron chi connectivity index (χ4n) is 7.48. The molecule has 5 fully saturated rings. The summed E-state index contributed by atoms with van der Waals surface area (Å²) in [6.07, 6.45) is 12.2. The van der Waals surface area contributed by atoms with Gasteiger partial charge in [-0.1, -0.05) is 13.8 Å². The molecule has 4 aliphatic carbocycles. The van der Waals surface area contributed by atoms with Crippen LogP contribution in [0.1, 0.15) is 85.0 Å². The van der Waals surface area contributed by atoms with Crippen LogP contribution in [0.2, 0.25) is 0 Å². The minimum atomic E-state index is -0.410. The van der Waals surface area contributed by atoms with Gasteiger partial charge in [0.05, 0.1) is 19.1 Å². The summed E-state index contributed by atoms with van der Waals surface area (Å²) in [7, 11) is 0. The van der Waals surface area contributed by atoms with Gasteiger partial charge >= 0.3 is 0 Å². The van der Waals surface area contributed by atoms with Gasteiger partial charge in [-0.3, -0.25) is 9.59 Å². The lowest BCUT2D eigenvalue weighted by Gasteiger charge is -2.55. The van der Waals surface area contributed by atoms with Crippen LogP contribution in [0.15, 0.2) is 0 Å². The van der Waals surface area contributed by atoms with Crippen molar-refractivity contribution in [3.8, 4) is 0 Å². The van der Waals surface area contributed by atoms with E-state index >= 15 is 0 Å². The first-order valence-corrected chi connectivity index (χ1v) is 12.8. The van der Waals surface area contributed by atoms with Crippen LogP contribution in [0.4, 0.5) is 0 Å². The van der Waals surface area contributed by atoms with Gasteiger partial charge < -0.3 is 15.5 Å². The number of carbonyl (C=O) groups excluding carboxylic acids is 2. The van der Waals surface area contributed by atoms with Crippen LogP contribution in [0.3, 0.4) is 0 Å². The maximum atomic E-state index is 13.4. The van der Waals surface area contributed by atoms with Gasteiger partial charge in [0.25, 0.3) is 0 Å². The molecule has 5 rings (SSSR count). The van der Waals surface area contributed by atoms with Crippen molar-refractivity contribution in [1.29, 1.82) is 0 Å². The molecule has 4 bridgehead atoms. The first kappa shape index (κ1) is 22.1. The molecule has 5 aliphatic rings. The minimum Gasteiger partial charge on any atom is -0.354 e. The highest BCUT2D eigenvalue weighted by atomic mass is 16.2. The molecule has 0 radical (unpaired) electrons. The van der Waals surface area contributed by atoms with E-state index in [1.54, 1.807) is 4.90 Å². The Morgan fingerprint density at radius 2 is 1.67 bits per heavy atom. The Morgan fingerprint density at radius 1 is 1.03 bits per heavy atom. The van der Waals surface area contributed by atoms with Gasteiger partial charge in [-0.05, 0) is 88.4 Å². The summed E-state index contributed by atoms with van der Waals surface area (Å²) >= 11 is 0. The van der Waals surface area contributed by atoms with E-state index in [0.29, 0.717) is 6.54 Å². The number of quaternary nitrogens is 1. The van der Waals surface area contributed by atoms with Gasteiger partial charge in [0.15, 0.2) is 0 Å². The average molecular weight is 419 g/mol. The Kier molecular flexibility index (Phi) is 6.76. The zero-order valence-corrected chi connectivity index (χ0v) is 19.5. The maximum absolute atomic E-state index is 13.4. The van der Waals surface area contributed by atoms with Crippen LogP contribution in [0.25, 0.3) is 0 Å². The van der Waals surface area contributed by atoms with Gasteiger partial charge in [0, 0.05) is 18.4 Å². The first-order valence-electron chi connectivity index (χ1n) is 12.8. The van der Waals surface area contributed by atoms with Gasteiger partial charge in [-0.2, -0.15) is 0 Å². The van der Waals surface area contributed by atoms with Crippen molar-refractivity contribution in [1.82, 2.24) is 10.6 Å². The summed E-state index contributed by atoms with van der Waals surface area (Å²) in [6.45, 7) is 9.55. The van der Waals surface area contributed by atoms with Crippen molar-refractivity contribution in [2.75, 3.05) is 19.6 Å². The molecule has 5 heteroatoms. The molecule has 5 nitrogen and oxygen atoms in total. The SMILES string of the molecule is CC(C)[C@@H](NC(=O)C12CC3CC(CC(C3)C1)C2)C(=O)NCCC[NH+]1CCCC[C@@H]1C. The molecule has 0 aromatic carbocycles. The number of rotatable bonds is 8. The van der Waals surface area contributed by atoms with E-state index in [0.717, 1.165) is 56.0 Å². The summed E-state index contributed by atoms with van der Waals surface area (Å²) in [4.78, 5) is 28.0. The number of amides is 2. The van der Waals surface area contributed by atoms with Gasteiger partial charge in [-0.25, -0.2) is 0 Å². The van der Waals surface area contributed by atoms with Crippen molar-refractivity contribution in [2.24, 2.45) is 29.1 Å². The summed E-state index contributed by atoms with van der Waals surface area (Å²) in [5.41, 5.74) is -0.185. The molecule has 4 saturated carbocycles. The second-order valence-electron chi connectivity index (χ2n) is 11.6. The molecule has 1 saturated heterocycles. The van der Waals surface area contributed by atoms with Gasteiger partial charge in [-0.15, -0.1) is 0 Å². The Labute approximate surface area is 183 Å². The number of piperidine rings is 1. The van der Waals surface area contributed by atoms with Crippen molar-refractivity contribution in [3.05, 3.63) is 0 Å². The van der Waals surface area contributed by atoms with E-state index in [2.05, 4.69) is 17.6 Å². The molecule has 0 spiro atoms. The zero-order valence-electron chi connectivity index (χ0n) is 19.5. The van der Waals surface area contributed by atoms with Crippen molar-refractivity contribution in [3.63, 3.8) is 0 Å². The molecule has 3 atom stereocenters. The van der Waals surface area contributed by atoms with Crippen molar-refractivity contribution in [2.45, 2.75) is 97.1 Å². The van der Waals surface area contributed by atoms with Crippen LogP contribution < -0.4 is 15.5 Å². The predicted octanol–water partition coefficient (Wildman–Crippen LogP) is 2.31. The maximum Gasteiger partial charge on any atom is 0.242 e. The Balaban J connectivity index is 1.27. The van der Waals surface area contributed by atoms with Crippen LogP contribution >= 0.6 is 0 Å². The fraction of sp³-hybridized carbons (Fsp3) is 0.920. The second kappa shape index (κ2) is 9.18. The molecule has 0 aromatic rings. The van der Waals surface area contributed by atoms with E-state index in [4.69, 9.17) is 0 Å². The van der Waals surface area contributed by atoms with E-state index in [1.165, 1.54) is 45.1 Å². The Bertz CT molecular complexity index is 597. The number of nitrogens with one attached hydrogen (secondary N) is 3. The van der Waals surface area contributed by atoms with Crippen LogP contribution in [-0.4, -0.2) is 43.5 Å². The summed E-state index contributed by atoms with van der Waals surface area (Å²) < 4.78 is 0. The highest BCUT2D eigenvalue weighted by molar-refractivity contribution is 5.90. The highest BCUT2D eigenvalue weighted by Gasteiger charge is 2.55. The van der Waals surface area contributed by atoms with Gasteiger partial charge in [0.1, 0.15) is 6.04 Å². The fourth-order valence-corrected chi connectivity index (χ4v) is 7.48. The summed E-state index contributed by atoms with van der Waals surface area (Å²) in [5.74, 6) is 2.51. The van der Waals surface area contributed by atoms with Crippen LogP contribution in [0, 0.1) is 29.1 Å². The smallest absolute Gasteiger partial charge is 0.242 e. The molecule has 170 valence electrons. The third kappa shape index (κ3) is 4.71. The number of hydrogen-bond acceptors (Lipinski definition) is 2. The first-order chi connectivity index (χ1) is 14.4. The van der Waals surface area contributed by atoms with Gasteiger partial charge in [0.2, 0.25) is 11.8 Å². The topological polar surface area (TPSA) is 62.6 Å². The van der Waals surface area contributed by atoms with Crippen LogP contribution in [-0.2, 0) is 9.59 Å². The molecular formula is C25H44N3O2+. The molecule has 1 unspecified atom stereocenters. The molecule has 1 aliphatic heterocycles. The van der Waals surface area contributed by atoms with Crippen molar-refractivity contribution < 1.29 is 14.5 Å². The predicted molar refractivity (Wildman–Crippen MR) is 119 cm³/mol. The minimum absolute atomic E-state index is 0.00442. The lowest BCUT2D eigenvalue weighted by Crippen LogP contribution is -3.16. The lowest BCUT2D eigenvalue weighted by atomic mass is 9.49. The van der Waals surface area contributed by atoms with E-state index < -0.39 is 6.04 Å². The van der Waals surface area contributed by atoms with Crippen LogP contribution in [0.5, 0.6) is 0 Å². The number of carbonyl (C=O) groups is 2. The van der Waals surface area contributed by atoms with E-state index in [9.17, 15) is 9.59 Å². The Morgan fingerprint density at radius 3 is 2.23 bits per heavy atom. The highest BCUT2D eigenvalue weighted by Crippen LogP contribution is 2.60. The molecule has 0 aromatic heterocycles. The zero-order chi connectivity index (χ0) is 21.3. The normalized spacial score (nSPS) is 38.5. The third-order valence-electron chi connectivity index (χ3n) is 8.81.